The van der Waals surface area contributed by atoms with E-state index in [2.05, 4.69) is 24.7 Å². The summed E-state index contributed by atoms with van der Waals surface area (Å²) in [7, 11) is 0. The number of carbonyl (C=O) groups excluding carboxylic acids is 1. The van der Waals surface area contributed by atoms with Crippen LogP contribution in [0.4, 0.5) is 0 Å². The zero-order valence-electron chi connectivity index (χ0n) is 7.18. The van der Waals surface area contributed by atoms with Crippen molar-refractivity contribution in [3.8, 4) is 0 Å². The highest BCUT2D eigenvalue weighted by molar-refractivity contribution is 6.67. The fourth-order valence-electron chi connectivity index (χ4n) is 0.928. The molecule has 1 N–H and O–H groups in total. The van der Waals surface area contributed by atoms with E-state index in [0.717, 1.165) is 0 Å². The first-order chi connectivity index (χ1) is 7.15. The van der Waals surface area contributed by atoms with Gasteiger partial charge in [-0.1, -0.05) is 0 Å². The van der Waals surface area contributed by atoms with Gasteiger partial charge in [-0.15, -0.1) is 10.2 Å². The molecule has 0 aliphatic rings. The summed E-state index contributed by atoms with van der Waals surface area (Å²) < 4.78 is 5.90. The number of hydrogen-bond acceptors (Lipinski definition) is 6. The van der Waals surface area contributed by atoms with Gasteiger partial charge in [0.25, 0.3) is 5.24 Å². The van der Waals surface area contributed by atoms with E-state index in [1.807, 2.05) is 0 Å². The second kappa shape index (κ2) is 3.65. The van der Waals surface area contributed by atoms with Crippen LogP contribution >= 0.6 is 11.6 Å². The van der Waals surface area contributed by atoms with Crippen LogP contribution in [0, 0.1) is 0 Å². The smallest absolute Gasteiger partial charge is 0.390 e. The summed E-state index contributed by atoms with van der Waals surface area (Å²) in [5, 5.41) is 8.62. The Bertz CT molecular complexity index is 541. The SMILES string of the molecule is O=C(Cl)c1ncn(Cc2n[nH]c(=O)o2)n1. The molecule has 2 heterocycles. The molecule has 0 aliphatic heterocycles. The quantitative estimate of drug-likeness (QED) is 0.703. The number of rotatable bonds is 3. The Morgan fingerprint density at radius 3 is 3.00 bits per heavy atom. The molecule has 78 valence electrons. The molecular weight excluding hydrogens is 226 g/mol. The number of H-pyrrole nitrogens is 1. The first kappa shape index (κ1) is 9.59. The third kappa shape index (κ3) is 2.10. The van der Waals surface area contributed by atoms with E-state index in [0.29, 0.717) is 0 Å². The fourth-order valence-corrected chi connectivity index (χ4v) is 1.01. The van der Waals surface area contributed by atoms with E-state index < -0.39 is 11.0 Å². The van der Waals surface area contributed by atoms with Crippen LogP contribution in [-0.2, 0) is 6.54 Å². The van der Waals surface area contributed by atoms with E-state index in [-0.39, 0.29) is 18.3 Å². The second-order valence-electron chi connectivity index (χ2n) is 2.55. The highest BCUT2D eigenvalue weighted by Crippen LogP contribution is 1.97. The van der Waals surface area contributed by atoms with Crippen molar-refractivity contribution in [3.63, 3.8) is 0 Å². The molecule has 0 saturated heterocycles. The molecule has 2 aromatic rings. The minimum absolute atomic E-state index is 0.0932. The molecule has 0 saturated carbocycles. The standard InChI is InChI=1S/C6H4ClN5O3/c7-4(13)5-8-2-12(11-5)1-3-9-10-6(14)15-3/h2H,1H2,(H,10,14). The molecule has 0 unspecified atom stereocenters. The molecule has 0 spiro atoms. The summed E-state index contributed by atoms with van der Waals surface area (Å²) in [5.41, 5.74) is 0. The van der Waals surface area contributed by atoms with Gasteiger partial charge in [0.05, 0.1) is 0 Å². The summed E-state index contributed by atoms with van der Waals surface area (Å²) in [6, 6.07) is 0. The Morgan fingerprint density at radius 1 is 1.67 bits per heavy atom. The number of hydrogen-bond donors (Lipinski definition) is 1. The Kier molecular flexibility index (Phi) is 2.34. The molecule has 0 aromatic carbocycles. The minimum atomic E-state index is -0.753. The van der Waals surface area contributed by atoms with Gasteiger partial charge >= 0.3 is 5.76 Å². The van der Waals surface area contributed by atoms with Crippen molar-refractivity contribution in [2.24, 2.45) is 0 Å². The normalized spacial score (nSPS) is 10.5. The van der Waals surface area contributed by atoms with Gasteiger partial charge in [-0.25, -0.2) is 19.6 Å². The molecule has 15 heavy (non-hydrogen) atoms. The van der Waals surface area contributed by atoms with Crippen molar-refractivity contribution in [2.45, 2.75) is 6.54 Å². The van der Waals surface area contributed by atoms with Gasteiger partial charge in [-0.05, 0) is 11.6 Å². The highest BCUT2D eigenvalue weighted by atomic mass is 35.5. The zero-order valence-corrected chi connectivity index (χ0v) is 7.93. The van der Waals surface area contributed by atoms with Crippen LogP contribution in [0.2, 0.25) is 0 Å². The molecule has 2 aromatic heterocycles. The van der Waals surface area contributed by atoms with Gasteiger partial charge in [0, 0.05) is 0 Å². The number of aromatic amines is 1. The van der Waals surface area contributed by atoms with Crippen LogP contribution in [-0.4, -0.2) is 30.2 Å². The third-order valence-electron chi connectivity index (χ3n) is 1.49. The molecule has 8 nitrogen and oxygen atoms in total. The maximum Gasteiger partial charge on any atom is 0.434 e. The van der Waals surface area contributed by atoms with Gasteiger partial charge in [-0.2, -0.15) is 0 Å². The molecule has 0 radical (unpaired) electrons. The van der Waals surface area contributed by atoms with E-state index >= 15 is 0 Å². The van der Waals surface area contributed by atoms with Crippen molar-refractivity contribution in [2.75, 3.05) is 0 Å². The number of carbonyl (C=O) groups is 1. The van der Waals surface area contributed by atoms with E-state index in [4.69, 9.17) is 11.6 Å². The summed E-state index contributed by atoms with van der Waals surface area (Å²) >= 11 is 5.15. The topological polar surface area (TPSA) is 107 Å². The average molecular weight is 230 g/mol. The summed E-state index contributed by atoms with van der Waals surface area (Å²) in [6.45, 7) is 0.0932. The fraction of sp³-hybridized carbons (Fsp3) is 0.167. The predicted molar refractivity (Wildman–Crippen MR) is 46.4 cm³/mol. The Hall–Kier alpha value is -1.96. The third-order valence-corrected chi connectivity index (χ3v) is 1.66. The highest BCUT2D eigenvalue weighted by Gasteiger charge is 2.09. The Balaban J connectivity index is 2.17. The van der Waals surface area contributed by atoms with Crippen LogP contribution in [0.5, 0.6) is 0 Å². The number of nitrogens with one attached hydrogen (secondary N) is 1. The van der Waals surface area contributed by atoms with Crippen molar-refractivity contribution >= 4 is 16.8 Å². The average Bonchev–Trinajstić information content (AvgIpc) is 2.76. The zero-order chi connectivity index (χ0) is 10.8. The lowest BCUT2D eigenvalue weighted by molar-refractivity contribution is 0.107. The monoisotopic (exact) mass is 229 g/mol. The molecule has 0 amide bonds. The van der Waals surface area contributed by atoms with Crippen LogP contribution in [0.15, 0.2) is 15.5 Å². The Labute approximate surface area is 86.9 Å². The van der Waals surface area contributed by atoms with Crippen molar-refractivity contribution in [1.29, 1.82) is 0 Å². The minimum Gasteiger partial charge on any atom is -0.390 e. The van der Waals surface area contributed by atoms with Gasteiger partial charge in [0.2, 0.25) is 11.7 Å². The summed E-state index contributed by atoms with van der Waals surface area (Å²) in [4.78, 5) is 24.9. The van der Waals surface area contributed by atoms with Gasteiger partial charge in [-0.3, -0.25) is 4.79 Å². The van der Waals surface area contributed by atoms with Crippen molar-refractivity contribution in [1.82, 2.24) is 25.0 Å². The molecule has 0 aliphatic carbocycles. The van der Waals surface area contributed by atoms with E-state index in [1.165, 1.54) is 11.0 Å². The lowest BCUT2D eigenvalue weighted by Crippen LogP contribution is -2.02. The molecule has 9 heteroatoms. The molecule has 2 rings (SSSR count). The predicted octanol–water partition coefficient (Wildman–Crippen LogP) is -0.618. The Morgan fingerprint density at radius 2 is 2.47 bits per heavy atom. The van der Waals surface area contributed by atoms with Crippen molar-refractivity contribution < 1.29 is 9.21 Å². The van der Waals surface area contributed by atoms with Gasteiger partial charge in [0.1, 0.15) is 12.9 Å². The van der Waals surface area contributed by atoms with Crippen molar-refractivity contribution in [3.05, 3.63) is 28.6 Å². The van der Waals surface area contributed by atoms with E-state index in [9.17, 15) is 9.59 Å². The number of aromatic nitrogens is 5. The maximum atomic E-state index is 10.6. The molecule has 0 atom stereocenters. The summed E-state index contributed by atoms with van der Waals surface area (Å²) in [5.74, 6) is -0.633. The first-order valence-corrected chi connectivity index (χ1v) is 4.16. The first-order valence-electron chi connectivity index (χ1n) is 3.79. The largest absolute Gasteiger partial charge is 0.434 e. The molecule has 0 bridgehead atoms. The molecular formula is C6H4ClN5O3. The lowest BCUT2D eigenvalue weighted by atomic mass is 10.6. The second-order valence-corrected chi connectivity index (χ2v) is 2.89. The maximum absolute atomic E-state index is 10.6. The molecule has 0 fully saturated rings. The van der Waals surface area contributed by atoms with Gasteiger partial charge in [0.15, 0.2) is 0 Å². The number of nitrogens with zero attached hydrogens (tertiary/aromatic N) is 4. The van der Waals surface area contributed by atoms with Crippen LogP contribution < -0.4 is 5.76 Å². The van der Waals surface area contributed by atoms with Gasteiger partial charge < -0.3 is 4.42 Å². The van der Waals surface area contributed by atoms with Crippen LogP contribution in [0.3, 0.4) is 0 Å². The lowest BCUT2D eigenvalue weighted by Gasteiger charge is -1.91. The number of halogens is 1. The van der Waals surface area contributed by atoms with Crippen LogP contribution in [0.1, 0.15) is 16.5 Å². The van der Waals surface area contributed by atoms with E-state index in [1.54, 1.807) is 0 Å². The summed E-state index contributed by atoms with van der Waals surface area (Å²) in [6.07, 6.45) is 1.28. The van der Waals surface area contributed by atoms with Crippen LogP contribution in [0.25, 0.3) is 0 Å².